The number of nitrogens with zero attached hydrogens (tertiary/aromatic N) is 3. The lowest BCUT2D eigenvalue weighted by molar-refractivity contribution is -0.387. The molecule has 0 radical (unpaired) electrons. The van der Waals surface area contributed by atoms with Crippen LogP contribution in [0.3, 0.4) is 0 Å². The summed E-state index contributed by atoms with van der Waals surface area (Å²) in [5, 5.41) is 11.1. The van der Waals surface area contributed by atoms with Crippen LogP contribution in [0.15, 0.2) is 47.5 Å². The zero-order chi connectivity index (χ0) is 18.7. The van der Waals surface area contributed by atoms with Gasteiger partial charge in [-0.15, -0.1) is 0 Å². The Bertz CT molecular complexity index is 891. The van der Waals surface area contributed by atoms with Crippen molar-refractivity contribution in [3.63, 3.8) is 0 Å². The van der Waals surface area contributed by atoms with Crippen molar-refractivity contribution in [1.82, 2.24) is 9.29 Å². The molecule has 8 nitrogen and oxygen atoms in total. The van der Waals surface area contributed by atoms with E-state index >= 15 is 0 Å². The van der Waals surface area contributed by atoms with Crippen LogP contribution in [0.1, 0.15) is 18.5 Å². The van der Waals surface area contributed by atoms with Gasteiger partial charge in [-0.25, -0.2) is 8.42 Å². The molecule has 0 spiro atoms. The summed E-state index contributed by atoms with van der Waals surface area (Å²) in [6, 6.07) is 9.09. The molecule has 2 aromatic rings. The van der Waals surface area contributed by atoms with Crippen LogP contribution in [0.5, 0.6) is 5.75 Å². The number of piperidine rings is 1. The van der Waals surface area contributed by atoms with Crippen molar-refractivity contribution in [2.45, 2.75) is 30.8 Å². The van der Waals surface area contributed by atoms with Crippen molar-refractivity contribution in [2.75, 3.05) is 13.1 Å². The first kappa shape index (κ1) is 18.3. The second-order valence-corrected chi connectivity index (χ2v) is 7.99. The molecule has 2 heterocycles. The number of hydrogen-bond acceptors (Lipinski definition) is 6. The Morgan fingerprint density at radius 2 is 1.88 bits per heavy atom. The van der Waals surface area contributed by atoms with Crippen LogP contribution in [-0.2, 0) is 10.0 Å². The standard InChI is InChI=1S/C17H19N3O5S/c1-13-6-7-15(12-18-13)25-14-8-10-19(11-9-14)26(23,24)17-5-3-2-4-16(17)20(21)22/h2-7,12,14H,8-11H2,1H3. The Balaban J connectivity index is 1.69. The van der Waals surface area contributed by atoms with Crippen LogP contribution >= 0.6 is 0 Å². The Labute approximate surface area is 151 Å². The fourth-order valence-corrected chi connectivity index (χ4v) is 4.50. The minimum absolute atomic E-state index is 0.114. The maximum Gasteiger partial charge on any atom is 0.289 e. The van der Waals surface area contributed by atoms with E-state index in [2.05, 4.69) is 4.98 Å². The number of aromatic nitrogens is 1. The highest BCUT2D eigenvalue weighted by atomic mass is 32.2. The summed E-state index contributed by atoms with van der Waals surface area (Å²) in [4.78, 5) is 14.4. The number of sulfonamides is 1. The molecule has 0 unspecified atom stereocenters. The van der Waals surface area contributed by atoms with E-state index < -0.39 is 20.6 Å². The van der Waals surface area contributed by atoms with Crippen molar-refractivity contribution >= 4 is 15.7 Å². The molecule has 0 amide bonds. The van der Waals surface area contributed by atoms with E-state index in [1.165, 1.54) is 28.6 Å². The second kappa shape index (κ2) is 7.38. The molecule has 1 aromatic heterocycles. The fourth-order valence-electron chi connectivity index (χ4n) is 2.87. The third-order valence-electron chi connectivity index (χ3n) is 4.27. The molecule has 3 rings (SSSR count). The smallest absolute Gasteiger partial charge is 0.289 e. The molecule has 138 valence electrons. The number of benzene rings is 1. The van der Waals surface area contributed by atoms with Crippen LogP contribution in [0, 0.1) is 17.0 Å². The van der Waals surface area contributed by atoms with Gasteiger partial charge in [-0.1, -0.05) is 12.1 Å². The number of hydrogen-bond donors (Lipinski definition) is 0. The minimum Gasteiger partial charge on any atom is -0.489 e. The zero-order valence-corrected chi connectivity index (χ0v) is 15.1. The average Bonchev–Trinajstić information content (AvgIpc) is 2.64. The topological polar surface area (TPSA) is 103 Å². The van der Waals surface area contributed by atoms with Gasteiger partial charge in [0.15, 0.2) is 4.90 Å². The number of aryl methyl sites for hydroxylation is 1. The number of nitro groups is 1. The van der Waals surface area contributed by atoms with E-state index in [0.717, 1.165) is 5.69 Å². The Hall–Kier alpha value is -2.52. The van der Waals surface area contributed by atoms with Crippen molar-refractivity contribution in [1.29, 1.82) is 0 Å². The molecule has 1 aromatic carbocycles. The first-order chi connectivity index (χ1) is 12.4. The summed E-state index contributed by atoms with van der Waals surface area (Å²) in [7, 11) is -3.92. The summed E-state index contributed by atoms with van der Waals surface area (Å²) >= 11 is 0. The molecular formula is C17H19N3O5S. The molecule has 1 fully saturated rings. The van der Waals surface area contributed by atoms with Gasteiger partial charge in [0.1, 0.15) is 11.9 Å². The Morgan fingerprint density at radius 1 is 1.19 bits per heavy atom. The predicted octanol–water partition coefficient (Wildman–Crippen LogP) is 2.53. The van der Waals surface area contributed by atoms with Gasteiger partial charge in [-0.2, -0.15) is 4.31 Å². The lowest BCUT2D eigenvalue weighted by Crippen LogP contribution is -2.41. The van der Waals surface area contributed by atoms with E-state index in [1.807, 2.05) is 19.1 Å². The molecule has 9 heteroatoms. The summed E-state index contributed by atoms with van der Waals surface area (Å²) in [5.41, 5.74) is 0.485. The normalized spacial score (nSPS) is 16.3. The van der Waals surface area contributed by atoms with Crippen LogP contribution in [0.25, 0.3) is 0 Å². The van der Waals surface area contributed by atoms with E-state index in [9.17, 15) is 18.5 Å². The van der Waals surface area contributed by atoms with E-state index in [0.29, 0.717) is 18.6 Å². The summed E-state index contributed by atoms with van der Waals surface area (Å²) in [6.45, 7) is 2.38. The summed E-state index contributed by atoms with van der Waals surface area (Å²) < 4.78 is 32.7. The van der Waals surface area contributed by atoms with Crippen molar-refractivity contribution < 1.29 is 18.1 Å². The number of ether oxygens (including phenoxy) is 1. The molecule has 0 aliphatic carbocycles. The maximum absolute atomic E-state index is 12.8. The highest BCUT2D eigenvalue weighted by Gasteiger charge is 2.34. The molecule has 0 N–H and O–H groups in total. The molecule has 0 bridgehead atoms. The quantitative estimate of drug-likeness (QED) is 0.586. The van der Waals surface area contributed by atoms with Crippen LogP contribution in [0.4, 0.5) is 5.69 Å². The van der Waals surface area contributed by atoms with Gasteiger partial charge in [-0.3, -0.25) is 15.1 Å². The van der Waals surface area contributed by atoms with Gasteiger partial charge >= 0.3 is 0 Å². The van der Waals surface area contributed by atoms with E-state index in [4.69, 9.17) is 4.74 Å². The van der Waals surface area contributed by atoms with Gasteiger partial charge < -0.3 is 4.74 Å². The minimum atomic E-state index is -3.92. The molecule has 1 aliphatic heterocycles. The summed E-state index contributed by atoms with van der Waals surface area (Å²) in [6.07, 6.45) is 2.55. The maximum atomic E-state index is 12.8. The van der Waals surface area contributed by atoms with Gasteiger partial charge in [0, 0.05) is 24.8 Å². The second-order valence-electron chi connectivity index (χ2n) is 6.08. The van der Waals surface area contributed by atoms with Crippen LogP contribution in [-0.4, -0.2) is 41.8 Å². The molecule has 26 heavy (non-hydrogen) atoms. The fraction of sp³-hybridized carbons (Fsp3) is 0.353. The van der Waals surface area contributed by atoms with Gasteiger partial charge in [-0.05, 0) is 38.0 Å². The third-order valence-corrected chi connectivity index (χ3v) is 6.21. The number of para-hydroxylation sites is 1. The van der Waals surface area contributed by atoms with E-state index in [-0.39, 0.29) is 24.1 Å². The molecular weight excluding hydrogens is 358 g/mol. The summed E-state index contributed by atoms with van der Waals surface area (Å²) in [5.74, 6) is 0.649. The molecule has 1 aliphatic rings. The zero-order valence-electron chi connectivity index (χ0n) is 14.2. The van der Waals surface area contributed by atoms with Gasteiger partial charge in [0.05, 0.1) is 11.1 Å². The third kappa shape index (κ3) is 3.83. The first-order valence-electron chi connectivity index (χ1n) is 8.21. The highest BCUT2D eigenvalue weighted by molar-refractivity contribution is 7.89. The lowest BCUT2D eigenvalue weighted by Gasteiger charge is -2.31. The SMILES string of the molecule is Cc1ccc(OC2CCN(S(=O)(=O)c3ccccc3[N+](=O)[O-])CC2)cn1. The van der Waals surface area contributed by atoms with Crippen LogP contribution < -0.4 is 4.74 Å². The van der Waals surface area contributed by atoms with Crippen molar-refractivity contribution in [3.8, 4) is 5.75 Å². The molecule has 1 saturated heterocycles. The average molecular weight is 377 g/mol. The highest BCUT2D eigenvalue weighted by Crippen LogP contribution is 2.29. The number of nitro benzene ring substituents is 1. The first-order valence-corrected chi connectivity index (χ1v) is 9.65. The Kier molecular flexibility index (Phi) is 5.19. The van der Waals surface area contributed by atoms with Crippen molar-refractivity contribution in [3.05, 3.63) is 58.4 Å². The predicted molar refractivity (Wildman–Crippen MR) is 94.5 cm³/mol. The monoisotopic (exact) mass is 377 g/mol. The Morgan fingerprint density at radius 3 is 2.50 bits per heavy atom. The van der Waals surface area contributed by atoms with Gasteiger partial charge in [0.25, 0.3) is 5.69 Å². The lowest BCUT2D eigenvalue weighted by atomic mass is 10.1. The number of pyridine rings is 1. The molecule has 0 saturated carbocycles. The largest absolute Gasteiger partial charge is 0.489 e. The van der Waals surface area contributed by atoms with Crippen molar-refractivity contribution in [2.24, 2.45) is 0 Å². The number of rotatable bonds is 5. The van der Waals surface area contributed by atoms with E-state index in [1.54, 1.807) is 6.20 Å². The molecule has 0 atom stereocenters. The van der Waals surface area contributed by atoms with Crippen LogP contribution in [0.2, 0.25) is 0 Å². The van der Waals surface area contributed by atoms with Gasteiger partial charge in [0.2, 0.25) is 10.0 Å².